The summed E-state index contributed by atoms with van der Waals surface area (Å²) in [7, 11) is 0.523. The molecule has 3 aliphatic heterocycles. The lowest BCUT2D eigenvalue weighted by molar-refractivity contribution is 0.664. The first kappa shape index (κ1) is 53.5. The van der Waals surface area contributed by atoms with Gasteiger partial charge in [-0.15, -0.1) is 0 Å². The zero-order valence-corrected chi connectivity index (χ0v) is 53.0. The summed E-state index contributed by atoms with van der Waals surface area (Å²) in [6, 6.07) is 96.1. The molecule has 4 aliphatic rings. The molecule has 0 saturated carbocycles. The van der Waals surface area contributed by atoms with Crippen LogP contribution in [-0.2, 0) is 5.41 Å². The van der Waals surface area contributed by atoms with E-state index in [0.717, 1.165) is 0 Å². The third-order valence-electron chi connectivity index (χ3n) is 19.7. The number of hydrogen-bond donors (Lipinski definition) is 0. The van der Waals surface area contributed by atoms with Gasteiger partial charge in [0.25, 0.3) is 0 Å². The first-order chi connectivity index (χ1) is 40.8. The van der Waals surface area contributed by atoms with Crippen molar-refractivity contribution in [1.29, 1.82) is 0 Å². The number of nitrogens with zero attached hydrogens (tertiary/aromatic N) is 3. The SMILES string of the molecule is CCC[Si]1(C)c2ccccc2N(C)c2ccc3cc4ccccc4cc3c21.CN1c2ccccc2[Si](C)(C)c2c1ccc1c2C(C)(C)c2ccccc2-1.CN1c2ccccc2[Si](c2ccccc2)(c2ccccc2)c2c1ccc1ccccc21. The quantitative estimate of drug-likeness (QED) is 0.128. The fraction of sp³-hybridized carbons (Fsp3) is 0.154. The van der Waals surface area contributed by atoms with E-state index in [2.05, 4.69) is 331 Å². The Hall–Kier alpha value is -8.53. The molecule has 0 radical (unpaired) electrons. The molecule has 0 fully saturated rings. The molecule has 1 aliphatic carbocycles. The van der Waals surface area contributed by atoms with Gasteiger partial charge >= 0.3 is 0 Å². The summed E-state index contributed by atoms with van der Waals surface area (Å²) in [5.41, 5.74) is 14.1. The molecule has 1 unspecified atom stereocenters. The number of anilines is 6. The molecular formula is C78H73N3Si3. The third kappa shape index (κ3) is 7.94. The number of rotatable bonds is 4. The standard InChI is InChI=1S/C29H23NSi.C25H25NSi.C24H25NSi/c1-30-26-18-10-11-19-28(26)31(23-13-4-2-5-14-23,24-15-6-3-7-16-24)29-25-17-9-8-12-22(25)20-21-27(29)30;1-4-15-27(3)24-12-8-7-11-22(24)26(2)23-14-13-20-16-18-9-5-6-10-19(18)17-21(20)25(23)27;1-24(2)18-11-7-6-10-16(18)17-14-15-20-23(22(17)24)26(4,5)21-13-9-8-12-19(21)25(20)3/h2-21H,1H3;5-14,16-17H,4,15H2,1-3H3;6-15H,1-5H3. The van der Waals surface area contributed by atoms with Crippen molar-refractivity contribution >= 4 is 132 Å². The maximum Gasteiger partial charge on any atom is 0.184 e. The molecule has 0 aromatic heterocycles. The van der Waals surface area contributed by atoms with Gasteiger partial charge in [0.1, 0.15) is 16.1 Å². The Labute approximate surface area is 500 Å². The monoisotopic (exact) mass is 1140 g/mol. The van der Waals surface area contributed by atoms with Gasteiger partial charge in [-0.1, -0.05) is 253 Å². The Morgan fingerprint density at radius 2 is 0.821 bits per heavy atom. The molecule has 3 heterocycles. The van der Waals surface area contributed by atoms with Crippen LogP contribution in [0.25, 0.3) is 43.4 Å². The van der Waals surface area contributed by atoms with E-state index in [1.807, 2.05) is 0 Å². The van der Waals surface area contributed by atoms with Gasteiger partial charge in [0.05, 0.1) is 0 Å². The van der Waals surface area contributed by atoms with E-state index in [1.54, 1.807) is 26.3 Å². The molecule has 6 heteroatoms. The second kappa shape index (κ2) is 20.4. The van der Waals surface area contributed by atoms with Crippen molar-refractivity contribution in [3.05, 3.63) is 266 Å². The lowest BCUT2D eigenvalue weighted by Crippen LogP contribution is -2.77. The minimum Gasteiger partial charge on any atom is -0.345 e. The zero-order valence-electron chi connectivity index (χ0n) is 50.0. The minimum atomic E-state index is -2.52. The van der Waals surface area contributed by atoms with E-state index in [-0.39, 0.29) is 5.41 Å². The highest BCUT2D eigenvalue weighted by molar-refractivity contribution is 7.22. The van der Waals surface area contributed by atoms with Gasteiger partial charge in [-0.2, -0.15) is 0 Å². The normalized spacial score (nSPS) is 16.8. The first-order valence-corrected chi connectivity index (χ1v) is 37.9. The van der Waals surface area contributed by atoms with Gasteiger partial charge in [0.15, 0.2) is 8.07 Å². The summed E-state index contributed by atoms with van der Waals surface area (Å²) in [5.74, 6) is 0. The highest BCUT2D eigenvalue weighted by Gasteiger charge is 2.50. The molecule has 0 N–H and O–H groups in total. The Kier molecular flexibility index (Phi) is 13.0. The highest BCUT2D eigenvalue weighted by atomic mass is 28.3. The number of hydrogen-bond acceptors (Lipinski definition) is 3. The van der Waals surface area contributed by atoms with Crippen molar-refractivity contribution in [3.63, 3.8) is 0 Å². The van der Waals surface area contributed by atoms with Crippen LogP contribution in [0.15, 0.2) is 255 Å². The minimum absolute atomic E-state index is 0.0503. The average molecular weight is 1140 g/mol. The van der Waals surface area contributed by atoms with E-state index in [9.17, 15) is 0 Å². The fourth-order valence-corrected chi connectivity index (χ4v) is 29.6. The summed E-state index contributed by atoms with van der Waals surface area (Å²) < 4.78 is 0. The predicted molar refractivity (Wildman–Crippen MR) is 373 cm³/mol. The summed E-state index contributed by atoms with van der Waals surface area (Å²) in [6.07, 6.45) is 1.23. The summed E-state index contributed by atoms with van der Waals surface area (Å²) >= 11 is 0. The van der Waals surface area contributed by atoms with E-state index in [4.69, 9.17) is 0 Å². The van der Waals surface area contributed by atoms with Crippen LogP contribution in [0.2, 0.25) is 25.7 Å². The number of fused-ring (bicyclic) bond motifs is 15. The maximum atomic E-state index is 2.58. The zero-order chi connectivity index (χ0) is 57.7. The molecule has 12 aromatic rings. The fourth-order valence-electron chi connectivity index (χ4n) is 15.9. The third-order valence-corrected chi connectivity index (χ3v) is 32.9. The van der Waals surface area contributed by atoms with Crippen LogP contribution in [0.5, 0.6) is 0 Å². The van der Waals surface area contributed by atoms with Crippen LogP contribution >= 0.6 is 0 Å². The van der Waals surface area contributed by atoms with Crippen molar-refractivity contribution in [2.75, 3.05) is 35.8 Å². The largest absolute Gasteiger partial charge is 0.345 e. The van der Waals surface area contributed by atoms with Crippen molar-refractivity contribution in [1.82, 2.24) is 0 Å². The molecule has 0 bridgehead atoms. The molecule has 1 atom stereocenters. The van der Waals surface area contributed by atoms with E-state index < -0.39 is 24.2 Å². The van der Waals surface area contributed by atoms with Crippen LogP contribution in [-0.4, -0.2) is 45.4 Å². The Bertz CT molecular complexity index is 4510. The molecule has 84 heavy (non-hydrogen) atoms. The van der Waals surface area contributed by atoms with Crippen molar-refractivity contribution in [2.45, 2.75) is 58.3 Å². The van der Waals surface area contributed by atoms with Crippen LogP contribution in [0.1, 0.15) is 38.3 Å². The van der Waals surface area contributed by atoms with Crippen LogP contribution in [0.4, 0.5) is 34.1 Å². The van der Waals surface area contributed by atoms with Gasteiger partial charge in [0.2, 0.25) is 0 Å². The molecule has 0 amide bonds. The predicted octanol–water partition coefficient (Wildman–Crippen LogP) is 14.9. The molecule has 0 spiro atoms. The second-order valence-electron chi connectivity index (χ2n) is 25.0. The molecular weight excluding hydrogens is 1060 g/mol. The topological polar surface area (TPSA) is 9.72 Å². The van der Waals surface area contributed by atoms with Crippen LogP contribution < -0.4 is 56.2 Å². The van der Waals surface area contributed by atoms with Gasteiger partial charge in [0, 0.05) is 60.7 Å². The smallest absolute Gasteiger partial charge is 0.184 e. The summed E-state index contributed by atoms with van der Waals surface area (Å²) in [6.45, 7) is 14.8. The number of para-hydroxylation sites is 3. The van der Waals surface area contributed by atoms with Crippen LogP contribution in [0, 0.1) is 0 Å². The van der Waals surface area contributed by atoms with Crippen LogP contribution in [0.3, 0.4) is 0 Å². The lowest BCUT2D eigenvalue weighted by atomic mass is 9.82. The van der Waals surface area contributed by atoms with Gasteiger partial charge in [-0.05, 0) is 151 Å². The summed E-state index contributed by atoms with van der Waals surface area (Å²) in [4.78, 5) is 7.19. The molecule has 3 nitrogen and oxygen atoms in total. The van der Waals surface area contributed by atoms with Crippen molar-refractivity contribution in [3.8, 4) is 11.1 Å². The second-order valence-corrected chi connectivity index (χ2v) is 37.2. The molecule has 16 rings (SSSR count). The van der Waals surface area contributed by atoms with Gasteiger partial charge < -0.3 is 14.7 Å². The van der Waals surface area contributed by atoms with Gasteiger partial charge in [-0.25, -0.2) is 0 Å². The van der Waals surface area contributed by atoms with E-state index in [1.165, 1.54) is 116 Å². The molecule has 0 saturated heterocycles. The molecule has 12 aromatic carbocycles. The lowest BCUT2D eigenvalue weighted by Gasteiger charge is -2.44. The molecule has 412 valence electrons. The Balaban J connectivity index is 0.000000113. The van der Waals surface area contributed by atoms with Crippen molar-refractivity contribution in [2.24, 2.45) is 0 Å². The Morgan fingerprint density at radius 1 is 0.357 bits per heavy atom. The van der Waals surface area contributed by atoms with E-state index >= 15 is 0 Å². The summed E-state index contributed by atoms with van der Waals surface area (Å²) in [5, 5.41) is 20.3. The average Bonchev–Trinajstić information content (AvgIpc) is 1.07. The number of benzene rings is 12. The highest BCUT2D eigenvalue weighted by Crippen LogP contribution is 2.50. The Morgan fingerprint density at radius 3 is 1.46 bits per heavy atom. The first-order valence-electron chi connectivity index (χ1n) is 30.2. The van der Waals surface area contributed by atoms with E-state index in [0.29, 0.717) is 0 Å². The van der Waals surface area contributed by atoms with Crippen molar-refractivity contribution < 1.29 is 0 Å². The maximum absolute atomic E-state index is 2.58. The van der Waals surface area contributed by atoms with Gasteiger partial charge in [-0.3, -0.25) is 0 Å².